The number of benzene rings is 1. The maximum absolute atomic E-state index is 5.86. The van der Waals surface area contributed by atoms with Crippen molar-refractivity contribution in [1.29, 1.82) is 0 Å². The average Bonchev–Trinajstić information content (AvgIpc) is 2.98. The largest absolute Gasteiger partial charge is 0.436 e. The van der Waals surface area contributed by atoms with Crippen LogP contribution in [-0.4, -0.2) is 19.1 Å². The highest BCUT2D eigenvalue weighted by molar-refractivity contribution is 5.63. The van der Waals surface area contributed by atoms with Crippen molar-refractivity contribution in [2.45, 2.75) is 0 Å². The van der Waals surface area contributed by atoms with Gasteiger partial charge in [0.15, 0.2) is 18.2 Å². The van der Waals surface area contributed by atoms with Gasteiger partial charge in [0.2, 0.25) is 5.89 Å². The van der Waals surface area contributed by atoms with Gasteiger partial charge in [-0.05, 0) is 24.3 Å². The minimum atomic E-state index is 0.641. The second-order valence-corrected chi connectivity index (χ2v) is 5.22. The summed E-state index contributed by atoms with van der Waals surface area (Å²) in [6.45, 7) is 0. The maximum atomic E-state index is 5.86. The molecule has 21 heavy (non-hydrogen) atoms. The normalized spacial score (nSPS) is 10.6. The summed E-state index contributed by atoms with van der Waals surface area (Å²) in [4.78, 5) is 6.43. The fourth-order valence-electron chi connectivity index (χ4n) is 2.11. The molecule has 0 saturated carbocycles. The van der Waals surface area contributed by atoms with E-state index in [4.69, 9.17) is 4.42 Å². The molecule has 4 heteroatoms. The molecule has 3 rings (SSSR count). The number of aryl methyl sites for hydroxylation is 1. The maximum Gasteiger partial charge on any atom is 0.227 e. The lowest BCUT2D eigenvalue weighted by atomic mass is 10.1. The highest BCUT2D eigenvalue weighted by Gasteiger charge is 2.09. The summed E-state index contributed by atoms with van der Waals surface area (Å²) in [6, 6.07) is 12.2. The quantitative estimate of drug-likeness (QED) is 0.692. The van der Waals surface area contributed by atoms with Crippen molar-refractivity contribution < 1.29 is 8.98 Å². The molecule has 0 atom stereocenters. The second-order valence-electron chi connectivity index (χ2n) is 5.22. The van der Waals surface area contributed by atoms with E-state index < -0.39 is 0 Å². The summed E-state index contributed by atoms with van der Waals surface area (Å²) in [5, 5.41) is 0. The van der Waals surface area contributed by atoms with Crippen LogP contribution in [0.25, 0.3) is 22.8 Å². The van der Waals surface area contributed by atoms with E-state index >= 15 is 0 Å². The number of hydrogen-bond acceptors (Lipinski definition) is 3. The lowest BCUT2D eigenvalue weighted by Crippen LogP contribution is -2.25. The van der Waals surface area contributed by atoms with E-state index in [1.54, 1.807) is 6.20 Å². The highest BCUT2D eigenvalue weighted by Crippen LogP contribution is 2.26. The van der Waals surface area contributed by atoms with Crippen molar-refractivity contribution in [3.8, 4) is 22.8 Å². The monoisotopic (exact) mass is 280 g/mol. The van der Waals surface area contributed by atoms with Crippen molar-refractivity contribution in [2.75, 3.05) is 19.0 Å². The summed E-state index contributed by atoms with van der Waals surface area (Å²) in [5.41, 5.74) is 3.17. The topological polar surface area (TPSA) is 33.2 Å². The molecule has 0 bridgehead atoms. The van der Waals surface area contributed by atoms with Gasteiger partial charge in [-0.15, -0.1) is 0 Å². The molecule has 0 aliphatic rings. The predicted octanol–water partition coefficient (Wildman–Crippen LogP) is 2.90. The van der Waals surface area contributed by atoms with Crippen LogP contribution in [0, 0.1) is 0 Å². The predicted molar refractivity (Wildman–Crippen MR) is 82.9 cm³/mol. The minimum absolute atomic E-state index is 0.641. The first-order valence-electron chi connectivity index (χ1n) is 6.83. The number of rotatable bonds is 3. The van der Waals surface area contributed by atoms with Gasteiger partial charge in [0.25, 0.3) is 0 Å². The summed E-state index contributed by atoms with van der Waals surface area (Å²) in [5.74, 6) is 1.42. The third-order valence-electron chi connectivity index (χ3n) is 3.40. The molecule has 0 amide bonds. The number of oxazole rings is 1. The van der Waals surface area contributed by atoms with Crippen LogP contribution in [0.1, 0.15) is 0 Å². The minimum Gasteiger partial charge on any atom is -0.436 e. The van der Waals surface area contributed by atoms with Crippen molar-refractivity contribution in [1.82, 2.24) is 4.98 Å². The molecular formula is C17H18N3O+. The number of nitrogens with zero attached hydrogens (tertiary/aromatic N) is 3. The van der Waals surface area contributed by atoms with Gasteiger partial charge in [-0.3, -0.25) is 0 Å². The molecule has 0 aliphatic carbocycles. The first-order valence-corrected chi connectivity index (χ1v) is 6.83. The van der Waals surface area contributed by atoms with Gasteiger partial charge in [0, 0.05) is 43.0 Å². The fourth-order valence-corrected chi connectivity index (χ4v) is 2.11. The first-order chi connectivity index (χ1) is 10.1. The Morgan fingerprint density at radius 2 is 1.62 bits per heavy atom. The SMILES string of the molecule is CN(C)c1ccc(-c2cnc(-c3cc[n+](C)cc3)o2)cc1. The van der Waals surface area contributed by atoms with E-state index in [2.05, 4.69) is 22.0 Å². The Hall–Kier alpha value is -2.62. The van der Waals surface area contributed by atoms with Crippen LogP contribution in [0.2, 0.25) is 0 Å². The number of hydrogen-bond donors (Lipinski definition) is 0. The number of pyridine rings is 1. The Morgan fingerprint density at radius 1 is 0.952 bits per heavy atom. The Morgan fingerprint density at radius 3 is 2.24 bits per heavy atom. The molecule has 0 saturated heterocycles. The van der Waals surface area contributed by atoms with Crippen LogP contribution >= 0.6 is 0 Å². The van der Waals surface area contributed by atoms with Crippen molar-refractivity contribution in [3.63, 3.8) is 0 Å². The van der Waals surface area contributed by atoms with E-state index in [9.17, 15) is 0 Å². The van der Waals surface area contributed by atoms with Gasteiger partial charge in [0.1, 0.15) is 7.05 Å². The van der Waals surface area contributed by atoms with E-state index in [1.807, 2.05) is 62.4 Å². The number of aromatic nitrogens is 2. The third kappa shape index (κ3) is 2.79. The van der Waals surface area contributed by atoms with E-state index in [0.717, 1.165) is 22.6 Å². The van der Waals surface area contributed by atoms with Crippen LogP contribution in [0.3, 0.4) is 0 Å². The summed E-state index contributed by atoms with van der Waals surface area (Å²) in [6.07, 6.45) is 5.73. The average molecular weight is 280 g/mol. The molecule has 2 heterocycles. The van der Waals surface area contributed by atoms with Gasteiger partial charge in [0.05, 0.1) is 6.20 Å². The third-order valence-corrected chi connectivity index (χ3v) is 3.40. The van der Waals surface area contributed by atoms with Crippen molar-refractivity contribution in [3.05, 3.63) is 55.0 Å². The van der Waals surface area contributed by atoms with Crippen LogP contribution in [0.15, 0.2) is 59.4 Å². The zero-order valence-corrected chi connectivity index (χ0v) is 12.4. The van der Waals surface area contributed by atoms with Gasteiger partial charge in [-0.2, -0.15) is 0 Å². The van der Waals surface area contributed by atoms with Gasteiger partial charge >= 0.3 is 0 Å². The zero-order valence-electron chi connectivity index (χ0n) is 12.4. The Balaban J connectivity index is 1.89. The summed E-state index contributed by atoms with van der Waals surface area (Å²) in [7, 11) is 6.03. The molecule has 0 aliphatic heterocycles. The lowest BCUT2D eigenvalue weighted by Gasteiger charge is -2.11. The van der Waals surface area contributed by atoms with Crippen molar-refractivity contribution in [2.24, 2.45) is 7.05 Å². The van der Waals surface area contributed by atoms with Gasteiger partial charge in [-0.1, -0.05) is 0 Å². The highest BCUT2D eigenvalue weighted by atomic mass is 16.4. The van der Waals surface area contributed by atoms with Crippen molar-refractivity contribution >= 4 is 5.69 Å². The lowest BCUT2D eigenvalue weighted by molar-refractivity contribution is -0.671. The molecule has 3 aromatic rings. The molecule has 2 aromatic heterocycles. The zero-order chi connectivity index (χ0) is 14.8. The molecule has 106 valence electrons. The standard InChI is InChI=1S/C17H18N3O/c1-19(2)15-6-4-13(5-7-15)16-12-18-17(21-16)14-8-10-20(3)11-9-14/h4-12H,1-3H3/q+1. The molecule has 0 fully saturated rings. The molecule has 0 radical (unpaired) electrons. The summed E-state index contributed by atoms with van der Waals surface area (Å²) < 4.78 is 7.84. The molecule has 1 aromatic carbocycles. The Bertz CT molecular complexity index is 727. The molecule has 0 spiro atoms. The number of anilines is 1. The van der Waals surface area contributed by atoms with E-state index in [0.29, 0.717) is 5.89 Å². The smallest absolute Gasteiger partial charge is 0.227 e. The molecular weight excluding hydrogens is 262 g/mol. The Kier molecular flexibility index (Phi) is 3.44. The van der Waals surface area contributed by atoms with Crippen LogP contribution < -0.4 is 9.47 Å². The molecule has 4 nitrogen and oxygen atoms in total. The van der Waals surface area contributed by atoms with E-state index in [1.165, 1.54) is 0 Å². The van der Waals surface area contributed by atoms with Gasteiger partial charge < -0.3 is 9.32 Å². The van der Waals surface area contributed by atoms with Gasteiger partial charge in [-0.25, -0.2) is 9.55 Å². The van der Waals surface area contributed by atoms with Crippen LogP contribution in [0.5, 0.6) is 0 Å². The molecule has 0 unspecified atom stereocenters. The molecule has 0 N–H and O–H groups in total. The second kappa shape index (κ2) is 5.40. The first kappa shape index (κ1) is 13.4. The van der Waals surface area contributed by atoms with E-state index in [-0.39, 0.29) is 0 Å². The summed E-state index contributed by atoms with van der Waals surface area (Å²) >= 11 is 0. The fraction of sp³-hybridized carbons (Fsp3) is 0.176. The Labute approximate surface area is 124 Å². The van der Waals surface area contributed by atoms with Crippen LogP contribution in [0.4, 0.5) is 5.69 Å². The van der Waals surface area contributed by atoms with Crippen LogP contribution in [-0.2, 0) is 7.05 Å².